The summed E-state index contributed by atoms with van der Waals surface area (Å²) >= 11 is 6.17. The topological polar surface area (TPSA) is 50.5 Å². The van der Waals surface area contributed by atoms with E-state index in [2.05, 4.69) is 16.0 Å². The molecule has 3 aromatic rings. The summed E-state index contributed by atoms with van der Waals surface area (Å²) in [5.41, 5.74) is 3.72. The maximum Gasteiger partial charge on any atom is 0.225 e. The third-order valence-electron chi connectivity index (χ3n) is 6.11. The second-order valence-corrected chi connectivity index (χ2v) is 8.35. The summed E-state index contributed by atoms with van der Waals surface area (Å²) in [6.07, 6.45) is 9.14. The molecule has 0 radical (unpaired) electrons. The molecule has 28 heavy (non-hydrogen) atoms. The minimum Gasteiger partial charge on any atom is -0.342 e. The number of likely N-dealkylation sites (tertiary alicyclic amines) is 1. The zero-order chi connectivity index (χ0) is 19.1. The lowest BCUT2D eigenvalue weighted by Crippen LogP contribution is -2.44. The molecule has 5 nitrogen and oxygen atoms in total. The maximum atomic E-state index is 12.7. The molecule has 0 bridgehead atoms. The number of carbonyl (C=O) groups is 1. The van der Waals surface area contributed by atoms with Crippen LogP contribution >= 0.6 is 11.6 Å². The molecule has 5 rings (SSSR count). The van der Waals surface area contributed by atoms with Crippen molar-refractivity contribution in [3.05, 3.63) is 53.4 Å². The second-order valence-electron chi connectivity index (χ2n) is 7.92. The molecule has 6 heteroatoms. The first-order valence-corrected chi connectivity index (χ1v) is 10.5. The molecule has 1 aliphatic carbocycles. The number of hydrogen-bond donors (Lipinski definition) is 0. The summed E-state index contributed by atoms with van der Waals surface area (Å²) in [5, 5.41) is 0.667. The highest BCUT2D eigenvalue weighted by Gasteiger charge is 2.32. The van der Waals surface area contributed by atoms with Crippen LogP contribution in [0.15, 0.2) is 42.7 Å². The number of pyridine rings is 2. The molecule has 1 saturated heterocycles. The van der Waals surface area contributed by atoms with E-state index in [1.807, 2.05) is 41.1 Å². The van der Waals surface area contributed by atoms with Crippen LogP contribution in [-0.4, -0.2) is 38.3 Å². The van der Waals surface area contributed by atoms with E-state index in [4.69, 9.17) is 16.6 Å². The van der Waals surface area contributed by atoms with Crippen molar-refractivity contribution >= 4 is 23.2 Å². The van der Waals surface area contributed by atoms with E-state index in [0.717, 1.165) is 61.5 Å². The number of rotatable bonds is 3. The van der Waals surface area contributed by atoms with Gasteiger partial charge in [-0.05, 0) is 49.9 Å². The van der Waals surface area contributed by atoms with Crippen LogP contribution in [0.25, 0.3) is 17.0 Å². The third kappa shape index (κ3) is 3.18. The quantitative estimate of drug-likeness (QED) is 0.654. The summed E-state index contributed by atoms with van der Waals surface area (Å²) in [7, 11) is 0. The van der Waals surface area contributed by atoms with Crippen molar-refractivity contribution in [2.45, 2.75) is 38.0 Å². The first-order chi connectivity index (χ1) is 13.7. The normalized spacial score (nSPS) is 20.3. The molecule has 0 aromatic carbocycles. The fourth-order valence-electron chi connectivity index (χ4n) is 4.30. The Morgan fingerprint density at radius 1 is 1.11 bits per heavy atom. The average molecular weight is 395 g/mol. The molecular formula is C22H23ClN4O. The Balaban J connectivity index is 1.42. The predicted octanol–water partition coefficient (Wildman–Crippen LogP) is 4.56. The van der Waals surface area contributed by atoms with Gasteiger partial charge in [0.05, 0.1) is 22.6 Å². The molecule has 1 amide bonds. The van der Waals surface area contributed by atoms with Crippen LogP contribution in [0, 0.1) is 5.92 Å². The Labute approximate surface area is 169 Å². The monoisotopic (exact) mass is 394 g/mol. The summed E-state index contributed by atoms with van der Waals surface area (Å²) in [6.45, 7) is 1.67. The molecule has 144 valence electrons. The Morgan fingerprint density at radius 2 is 2.00 bits per heavy atom. The number of imidazole rings is 1. The minimum absolute atomic E-state index is 0.265. The number of fused-ring (bicyclic) bond motifs is 1. The number of hydrogen-bond acceptors (Lipinski definition) is 3. The van der Waals surface area contributed by atoms with Gasteiger partial charge in [0, 0.05) is 36.8 Å². The summed E-state index contributed by atoms with van der Waals surface area (Å²) in [5.74, 6) is 0.907. The van der Waals surface area contributed by atoms with Gasteiger partial charge < -0.3 is 4.90 Å². The van der Waals surface area contributed by atoms with Crippen molar-refractivity contribution in [2.75, 3.05) is 13.1 Å². The molecule has 3 aromatic heterocycles. The van der Waals surface area contributed by atoms with Crippen LogP contribution in [-0.2, 0) is 4.79 Å². The van der Waals surface area contributed by atoms with Gasteiger partial charge in [-0.25, -0.2) is 4.98 Å². The Kier molecular flexibility index (Phi) is 4.55. The van der Waals surface area contributed by atoms with E-state index in [9.17, 15) is 4.79 Å². The van der Waals surface area contributed by atoms with E-state index in [1.165, 1.54) is 6.42 Å². The Morgan fingerprint density at radius 3 is 2.82 bits per heavy atom. The number of piperidine rings is 1. The van der Waals surface area contributed by atoms with Crippen molar-refractivity contribution in [1.82, 2.24) is 19.3 Å². The zero-order valence-electron chi connectivity index (χ0n) is 15.7. The molecular weight excluding hydrogens is 372 g/mol. The Hall–Kier alpha value is -2.40. The predicted molar refractivity (Wildman–Crippen MR) is 109 cm³/mol. The van der Waals surface area contributed by atoms with Crippen molar-refractivity contribution in [3.8, 4) is 11.4 Å². The van der Waals surface area contributed by atoms with Gasteiger partial charge >= 0.3 is 0 Å². The van der Waals surface area contributed by atoms with Crippen LogP contribution in [0.2, 0.25) is 5.02 Å². The molecule has 1 unspecified atom stereocenters. The van der Waals surface area contributed by atoms with Gasteiger partial charge in [0.25, 0.3) is 0 Å². The van der Waals surface area contributed by atoms with E-state index in [-0.39, 0.29) is 5.92 Å². The largest absolute Gasteiger partial charge is 0.342 e. The van der Waals surface area contributed by atoms with E-state index < -0.39 is 0 Å². The van der Waals surface area contributed by atoms with Gasteiger partial charge in [-0.3, -0.25) is 14.2 Å². The van der Waals surface area contributed by atoms with Crippen molar-refractivity contribution < 1.29 is 4.79 Å². The standard InChI is InChI=1S/C22H23ClN4O/c23-17-9-10-21-24-12-20(27(21)14-17)19-8-2-7-18(25-19)16-6-3-11-26(13-16)22(28)15-4-1-5-15/h2,7-10,12,14-16H,1,3-6,11,13H2. The van der Waals surface area contributed by atoms with Crippen molar-refractivity contribution in [1.29, 1.82) is 0 Å². The van der Waals surface area contributed by atoms with Crippen LogP contribution in [0.5, 0.6) is 0 Å². The molecule has 0 spiro atoms. The van der Waals surface area contributed by atoms with Crippen LogP contribution in [0.1, 0.15) is 43.7 Å². The van der Waals surface area contributed by atoms with E-state index in [0.29, 0.717) is 16.8 Å². The highest BCUT2D eigenvalue weighted by atomic mass is 35.5. The van der Waals surface area contributed by atoms with Gasteiger partial charge in [-0.15, -0.1) is 0 Å². The lowest BCUT2D eigenvalue weighted by atomic mass is 9.83. The molecule has 1 saturated carbocycles. The number of nitrogens with zero attached hydrogens (tertiary/aromatic N) is 4. The van der Waals surface area contributed by atoms with Gasteiger partial charge in [0.1, 0.15) is 5.65 Å². The number of halogens is 1. The molecule has 4 heterocycles. The van der Waals surface area contributed by atoms with Crippen LogP contribution < -0.4 is 0 Å². The smallest absolute Gasteiger partial charge is 0.225 e. The molecule has 1 aliphatic heterocycles. The minimum atomic E-state index is 0.265. The second kappa shape index (κ2) is 7.21. The fraction of sp³-hybridized carbons (Fsp3) is 0.409. The van der Waals surface area contributed by atoms with E-state index >= 15 is 0 Å². The van der Waals surface area contributed by atoms with Crippen LogP contribution in [0.4, 0.5) is 0 Å². The lowest BCUT2D eigenvalue weighted by molar-refractivity contribution is -0.139. The summed E-state index contributed by atoms with van der Waals surface area (Å²) in [4.78, 5) is 24.2. The van der Waals surface area contributed by atoms with Gasteiger partial charge in [-0.2, -0.15) is 0 Å². The van der Waals surface area contributed by atoms with E-state index in [1.54, 1.807) is 0 Å². The zero-order valence-corrected chi connectivity index (χ0v) is 16.5. The lowest BCUT2D eigenvalue weighted by Gasteiger charge is -2.37. The molecule has 1 atom stereocenters. The average Bonchev–Trinajstić information content (AvgIpc) is 3.10. The highest BCUT2D eigenvalue weighted by molar-refractivity contribution is 6.30. The molecule has 2 fully saturated rings. The van der Waals surface area contributed by atoms with Gasteiger partial charge in [0.2, 0.25) is 5.91 Å². The molecule has 2 aliphatic rings. The van der Waals surface area contributed by atoms with Crippen molar-refractivity contribution in [2.24, 2.45) is 5.92 Å². The molecule has 0 N–H and O–H groups in total. The van der Waals surface area contributed by atoms with Crippen molar-refractivity contribution in [3.63, 3.8) is 0 Å². The van der Waals surface area contributed by atoms with Crippen LogP contribution in [0.3, 0.4) is 0 Å². The maximum absolute atomic E-state index is 12.7. The number of aromatic nitrogens is 3. The Bertz CT molecular complexity index is 1030. The highest BCUT2D eigenvalue weighted by Crippen LogP contribution is 2.33. The SMILES string of the molecule is O=C(C1CCC1)N1CCCC(c2cccc(-c3cnc4ccc(Cl)cn34)n2)C1. The van der Waals surface area contributed by atoms with Gasteiger partial charge in [0.15, 0.2) is 0 Å². The summed E-state index contributed by atoms with van der Waals surface area (Å²) in [6, 6.07) is 9.89. The number of amides is 1. The fourth-order valence-corrected chi connectivity index (χ4v) is 4.46. The summed E-state index contributed by atoms with van der Waals surface area (Å²) < 4.78 is 1.97. The third-order valence-corrected chi connectivity index (χ3v) is 6.33. The first-order valence-electron chi connectivity index (χ1n) is 10.1. The van der Waals surface area contributed by atoms with Gasteiger partial charge in [-0.1, -0.05) is 24.1 Å². The number of carbonyl (C=O) groups excluding carboxylic acids is 1. The first kappa shape index (κ1) is 17.7.